The molecule has 0 saturated heterocycles. The van der Waals surface area contributed by atoms with Crippen LogP contribution in [0.25, 0.3) is 0 Å². The minimum Gasteiger partial charge on any atom is -0.462 e. The second-order valence-electron chi connectivity index (χ2n) is 11.5. The van der Waals surface area contributed by atoms with E-state index in [0.717, 1.165) is 70.6 Å². The average Bonchev–Trinajstić information content (AvgIpc) is 3.05. The van der Waals surface area contributed by atoms with Gasteiger partial charge in [-0.05, 0) is 51.4 Å². The highest BCUT2D eigenvalue weighted by Gasteiger charge is 2.27. The van der Waals surface area contributed by atoms with Crippen molar-refractivity contribution in [2.75, 3.05) is 26.4 Å². The minimum atomic E-state index is -4.61. The summed E-state index contributed by atoms with van der Waals surface area (Å²) in [6.07, 6.45) is 31.1. The second kappa shape index (κ2) is 32.5. The molecular weight excluding hydrogens is 623 g/mol. The van der Waals surface area contributed by atoms with Crippen LogP contribution in [0.2, 0.25) is 0 Å². The highest BCUT2D eigenvalue weighted by molar-refractivity contribution is 7.47. The maximum Gasteiger partial charge on any atom is 0.472 e. The van der Waals surface area contributed by atoms with Crippen LogP contribution in [-0.4, -0.2) is 65.7 Å². The SMILES string of the molecule is CC/C=C\C/C=C\C/C=C\C/C=C\CCCCCCC(=O)OC(COC(=O)CCCCCCCCC)COP(=O)(O)OCC(O)CO. The van der Waals surface area contributed by atoms with E-state index in [9.17, 15) is 24.2 Å². The predicted octanol–water partition coefficient (Wildman–Crippen LogP) is 8.21. The van der Waals surface area contributed by atoms with Gasteiger partial charge in [-0.15, -0.1) is 0 Å². The molecule has 0 fully saturated rings. The third-order valence-corrected chi connectivity index (χ3v) is 7.95. The molecule has 0 heterocycles. The largest absolute Gasteiger partial charge is 0.472 e. The lowest BCUT2D eigenvalue weighted by Crippen LogP contribution is -2.29. The number of phosphoric ester groups is 1. The Labute approximate surface area is 283 Å². The summed E-state index contributed by atoms with van der Waals surface area (Å²) in [7, 11) is -4.61. The first-order valence-electron chi connectivity index (χ1n) is 17.6. The Morgan fingerprint density at radius 2 is 1.17 bits per heavy atom. The lowest BCUT2D eigenvalue weighted by molar-refractivity contribution is -0.161. The van der Waals surface area contributed by atoms with Crippen molar-refractivity contribution < 1.29 is 47.8 Å². The van der Waals surface area contributed by atoms with Crippen LogP contribution < -0.4 is 0 Å². The van der Waals surface area contributed by atoms with Gasteiger partial charge in [0.25, 0.3) is 0 Å². The number of unbranched alkanes of at least 4 members (excludes halogenated alkanes) is 10. The van der Waals surface area contributed by atoms with E-state index in [4.69, 9.17) is 19.1 Å². The fourth-order valence-electron chi connectivity index (χ4n) is 4.28. The molecule has 0 aromatic rings. The Bertz CT molecular complexity index is 931. The molecule has 3 atom stereocenters. The number of ether oxygens (including phenoxy) is 2. The van der Waals surface area contributed by atoms with E-state index in [1.807, 2.05) is 0 Å². The number of hydrogen-bond acceptors (Lipinski definition) is 9. The Hall–Kier alpha value is -2.07. The van der Waals surface area contributed by atoms with Crippen LogP contribution >= 0.6 is 7.82 Å². The van der Waals surface area contributed by atoms with E-state index in [2.05, 4.69) is 67.0 Å². The molecule has 10 nitrogen and oxygen atoms in total. The molecule has 0 amide bonds. The fraction of sp³-hybridized carbons (Fsp3) is 0.722. The Balaban J connectivity index is 4.41. The molecule has 0 aliphatic rings. The van der Waals surface area contributed by atoms with E-state index >= 15 is 0 Å². The lowest BCUT2D eigenvalue weighted by atomic mass is 10.1. The summed E-state index contributed by atoms with van der Waals surface area (Å²) in [5.41, 5.74) is 0. The summed E-state index contributed by atoms with van der Waals surface area (Å²) >= 11 is 0. The van der Waals surface area contributed by atoms with Gasteiger partial charge in [-0.2, -0.15) is 0 Å². The summed E-state index contributed by atoms with van der Waals surface area (Å²) in [4.78, 5) is 34.6. The zero-order valence-corrected chi connectivity index (χ0v) is 29.9. The lowest BCUT2D eigenvalue weighted by Gasteiger charge is -2.20. The van der Waals surface area contributed by atoms with Crippen LogP contribution in [0.3, 0.4) is 0 Å². The van der Waals surface area contributed by atoms with E-state index in [0.29, 0.717) is 12.8 Å². The molecule has 11 heteroatoms. The number of esters is 2. The van der Waals surface area contributed by atoms with Crippen molar-refractivity contribution >= 4 is 19.8 Å². The molecule has 0 saturated carbocycles. The molecule has 3 unspecified atom stereocenters. The van der Waals surface area contributed by atoms with Gasteiger partial charge < -0.3 is 24.6 Å². The maximum atomic E-state index is 12.5. The molecular formula is C36H63O10P. The van der Waals surface area contributed by atoms with E-state index < -0.39 is 51.8 Å². The van der Waals surface area contributed by atoms with Gasteiger partial charge in [0.1, 0.15) is 12.7 Å². The molecule has 0 radical (unpaired) electrons. The molecule has 0 spiro atoms. The molecule has 0 aliphatic heterocycles. The highest BCUT2D eigenvalue weighted by atomic mass is 31.2. The Morgan fingerprint density at radius 1 is 0.660 bits per heavy atom. The first-order valence-corrected chi connectivity index (χ1v) is 19.1. The molecule has 0 aromatic heterocycles. The van der Waals surface area contributed by atoms with Gasteiger partial charge in [-0.25, -0.2) is 4.57 Å². The average molecular weight is 687 g/mol. The van der Waals surface area contributed by atoms with Crippen molar-refractivity contribution in [2.24, 2.45) is 0 Å². The molecule has 0 bridgehead atoms. The van der Waals surface area contributed by atoms with Crippen molar-refractivity contribution in [1.29, 1.82) is 0 Å². The first kappa shape index (κ1) is 44.9. The number of hydrogen-bond donors (Lipinski definition) is 3. The van der Waals surface area contributed by atoms with Gasteiger partial charge in [-0.3, -0.25) is 18.6 Å². The summed E-state index contributed by atoms with van der Waals surface area (Å²) in [6.45, 7) is 2.15. The summed E-state index contributed by atoms with van der Waals surface area (Å²) in [5, 5.41) is 18.2. The maximum absolute atomic E-state index is 12.5. The normalized spacial score (nSPS) is 14.7. The van der Waals surface area contributed by atoms with Crippen molar-refractivity contribution in [3.05, 3.63) is 48.6 Å². The topological polar surface area (TPSA) is 149 Å². The number of allylic oxidation sites excluding steroid dienone is 8. The number of carbonyl (C=O) groups excluding carboxylic acids is 2. The standard InChI is InChI=1S/C36H63O10P/c1-3-5-7-9-11-12-13-14-15-16-17-18-19-20-22-24-26-28-36(40)46-34(32-45-47(41,42)44-30-33(38)29-37)31-43-35(39)27-25-23-21-10-8-6-4-2/h5,7,11-12,14-15,17-18,33-34,37-38H,3-4,6,8-10,13,16,19-32H2,1-2H3,(H,41,42)/b7-5-,12-11-,15-14-,18-17-. The first-order chi connectivity index (χ1) is 22.7. The van der Waals surface area contributed by atoms with E-state index in [1.54, 1.807) is 0 Å². The summed E-state index contributed by atoms with van der Waals surface area (Å²) in [6, 6.07) is 0. The van der Waals surface area contributed by atoms with E-state index in [-0.39, 0.29) is 19.4 Å². The van der Waals surface area contributed by atoms with Gasteiger partial charge in [0.15, 0.2) is 6.10 Å². The van der Waals surface area contributed by atoms with Crippen molar-refractivity contribution in [3.63, 3.8) is 0 Å². The van der Waals surface area contributed by atoms with Crippen LogP contribution in [0, 0.1) is 0 Å². The molecule has 3 N–H and O–H groups in total. The van der Waals surface area contributed by atoms with Gasteiger partial charge in [0.05, 0.1) is 19.8 Å². The van der Waals surface area contributed by atoms with Gasteiger partial charge in [-0.1, -0.05) is 114 Å². The molecule has 0 aliphatic carbocycles. The number of rotatable bonds is 32. The van der Waals surface area contributed by atoms with Crippen LogP contribution in [0.15, 0.2) is 48.6 Å². The van der Waals surface area contributed by atoms with Gasteiger partial charge >= 0.3 is 19.8 Å². The fourth-order valence-corrected chi connectivity index (χ4v) is 5.07. The minimum absolute atomic E-state index is 0.155. The Morgan fingerprint density at radius 3 is 1.77 bits per heavy atom. The van der Waals surface area contributed by atoms with Crippen LogP contribution in [0.5, 0.6) is 0 Å². The zero-order valence-electron chi connectivity index (χ0n) is 29.0. The molecule has 47 heavy (non-hydrogen) atoms. The second-order valence-corrected chi connectivity index (χ2v) is 13.0. The van der Waals surface area contributed by atoms with Crippen LogP contribution in [0.1, 0.15) is 129 Å². The zero-order chi connectivity index (χ0) is 34.9. The Kier molecular flexibility index (Phi) is 31.0. The molecule has 272 valence electrons. The van der Waals surface area contributed by atoms with Gasteiger partial charge in [0.2, 0.25) is 0 Å². The summed E-state index contributed by atoms with van der Waals surface area (Å²) < 4.78 is 32.4. The van der Waals surface area contributed by atoms with Crippen LogP contribution in [-0.2, 0) is 32.7 Å². The van der Waals surface area contributed by atoms with Gasteiger partial charge in [0, 0.05) is 12.8 Å². The molecule has 0 aromatic carbocycles. The monoisotopic (exact) mass is 686 g/mol. The number of aliphatic hydroxyl groups is 2. The molecule has 0 rings (SSSR count). The summed E-state index contributed by atoms with van der Waals surface area (Å²) in [5.74, 6) is -0.965. The van der Waals surface area contributed by atoms with Crippen molar-refractivity contribution in [1.82, 2.24) is 0 Å². The number of phosphoric acid groups is 1. The number of aliphatic hydroxyl groups excluding tert-OH is 2. The third-order valence-electron chi connectivity index (χ3n) is 7.00. The van der Waals surface area contributed by atoms with Crippen molar-refractivity contribution in [3.8, 4) is 0 Å². The highest BCUT2D eigenvalue weighted by Crippen LogP contribution is 2.43. The van der Waals surface area contributed by atoms with Crippen molar-refractivity contribution in [2.45, 2.75) is 142 Å². The number of carbonyl (C=O) groups is 2. The third kappa shape index (κ3) is 32.3. The quantitative estimate of drug-likeness (QED) is 0.0274. The predicted molar refractivity (Wildman–Crippen MR) is 187 cm³/mol. The van der Waals surface area contributed by atoms with Crippen LogP contribution in [0.4, 0.5) is 0 Å². The smallest absolute Gasteiger partial charge is 0.462 e. The van der Waals surface area contributed by atoms with E-state index in [1.165, 1.54) is 19.3 Å².